The van der Waals surface area contributed by atoms with E-state index < -0.39 is 0 Å². The second kappa shape index (κ2) is 6.37. The van der Waals surface area contributed by atoms with Gasteiger partial charge in [-0.05, 0) is 24.8 Å². The summed E-state index contributed by atoms with van der Waals surface area (Å²) in [5.74, 6) is 0.0698. The number of hydrogen-bond donors (Lipinski definition) is 0. The van der Waals surface area contributed by atoms with Gasteiger partial charge in [-0.25, -0.2) is 9.78 Å². The van der Waals surface area contributed by atoms with Crippen LogP contribution in [-0.2, 0) is 17.7 Å². The predicted octanol–water partition coefficient (Wildman–Crippen LogP) is 2.86. The minimum Gasteiger partial charge on any atom is -0.464 e. The molecule has 1 aromatic heterocycles. The van der Waals surface area contributed by atoms with E-state index in [-0.39, 0.29) is 5.97 Å². The third-order valence-electron chi connectivity index (χ3n) is 3.32. The summed E-state index contributed by atoms with van der Waals surface area (Å²) in [6.45, 7) is 5.00. The number of imidazole rings is 1. The van der Waals surface area contributed by atoms with Crippen molar-refractivity contribution >= 4 is 5.97 Å². The number of carbonyl (C=O) groups is 1. The van der Waals surface area contributed by atoms with E-state index in [1.807, 2.05) is 4.57 Å². The van der Waals surface area contributed by atoms with Crippen molar-refractivity contribution < 1.29 is 9.53 Å². The molecule has 4 heteroatoms. The maximum absolute atomic E-state index is 11.6. The first-order valence-corrected chi connectivity index (χ1v) is 6.74. The molecule has 0 aliphatic rings. The summed E-state index contributed by atoms with van der Waals surface area (Å²) in [5.41, 5.74) is 3.08. The summed E-state index contributed by atoms with van der Waals surface area (Å²) >= 11 is 0. The van der Waals surface area contributed by atoms with Gasteiger partial charge in [0.05, 0.1) is 19.6 Å². The zero-order valence-corrected chi connectivity index (χ0v) is 12.2. The maximum Gasteiger partial charge on any atom is 0.356 e. The average Bonchev–Trinajstić information content (AvgIpc) is 2.88. The van der Waals surface area contributed by atoms with Gasteiger partial charge < -0.3 is 9.30 Å². The number of benzene rings is 1. The van der Waals surface area contributed by atoms with Gasteiger partial charge in [0.25, 0.3) is 0 Å². The number of hydrogen-bond acceptors (Lipinski definition) is 3. The van der Waals surface area contributed by atoms with E-state index in [4.69, 9.17) is 4.74 Å². The molecule has 1 aromatic carbocycles. The van der Waals surface area contributed by atoms with Gasteiger partial charge in [-0.15, -0.1) is 0 Å². The Hall–Kier alpha value is -2.10. The molecular weight excluding hydrogens is 252 g/mol. The highest BCUT2D eigenvalue weighted by Gasteiger charge is 2.14. The van der Waals surface area contributed by atoms with Gasteiger partial charge in [0, 0.05) is 6.54 Å². The van der Waals surface area contributed by atoms with E-state index in [2.05, 4.69) is 43.1 Å². The van der Waals surface area contributed by atoms with Crippen LogP contribution < -0.4 is 0 Å². The Morgan fingerprint density at radius 3 is 2.70 bits per heavy atom. The second-order valence-corrected chi connectivity index (χ2v) is 5.22. The monoisotopic (exact) mass is 272 g/mol. The summed E-state index contributed by atoms with van der Waals surface area (Å²) in [5, 5.41) is 0. The minimum absolute atomic E-state index is 0.343. The predicted molar refractivity (Wildman–Crippen MR) is 77.6 cm³/mol. The van der Waals surface area contributed by atoms with Crippen LogP contribution in [0.2, 0.25) is 0 Å². The van der Waals surface area contributed by atoms with Crippen LogP contribution in [0.3, 0.4) is 0 Å². The SMILES string of the molecule is COC(=O)c1cncn1C[C@@H](C)Cc1ccc(C)cc1. The largest absolute Gasteiger partial charge is 0.464 e. The van der Waals surface area contributed by atoms with Crippen LogP contribution in [0.15, 0.2) is 36.8 Å². The lowest BCUT2D eigenvalue weighted by Crippen LogP contribution is -2.15. The molecule has 0 bridgehead atoms. The molecule has 4 nitrogen and oxygen atoms in total. The molecule has 0 saturated carbocycles. The Morgan fingerprint density at radius 2 is 2.05 bits per heavy atom. The molecule has 0 N–H and O–H groups in total. The maximum atomic E-state index is 11.6. The minimum atomic E-state index is -0.343. The number of methoxy groups -OCH3 is 1. The third-order valence-corrected chi connectivity index (χ3v) is 3.32. The van der Waals surface area contributed by atoms with Gasteiger partial charge in [-0.1, -0.05) is 36.8 Å². The lowest BCUT2D eigenvalue weighted by atomic mass is 10.00. The number of aromatic nitrogens is 2. The Morgan fingerprint density at radius 1 is 1.35 bits per heavy atom. The number of esters is 1. The van der Waals surface area contributed by atoms with Gasteiger partial charge in [0.2, 0.25) is 0 Å². The van der Waals surface area contributed by atoms with Crippen molar-refractivity contribution in [1.82, 2.24) is 9.55 Å². The van der Waals surface area contributed by atoms with Crippen LogP contribution >= 0.6 is 0 Å². The molecule has 0 saturated heterocycles. The quantitative estimate of drug-likeness (QED) is 0.786. The first-order valence-electron chi connectivity index (χ1n) is 6.74. The van der Waals surface area contributed by atoms with E-state index in [0.29, 0.717) is 11.6 Å². The molecule has 0 aliphatic carbocycles. The number of carbonyl (C=O) groups excluding carboxylic acids is 1. The Bertz CT molecular complexity index is 572. The van der Waals surface area contributed by atoms with Crippen LogP contribution in [0.1, 0.15) is 28.5 Å². The van der Waals surface area contributed by atoms with Gasteiger partial charge in [0.15, 0.2) is 0 Å². The summed E-state index contributed by atoms with van der Waals surface area (Å²) in [6.07, 6.45) is 4.20. The zero-order valence-electron chi connectivity index (χ0n) is 12.2. The summed E-state index contributed by atoms with van der Waals surface area (Å²) in [6, 6.07) is 8.56. The molecule has 0 spiro atoms. The molecule has 2 aromatic rings. The molecule has 2 rings (SSSR count). The van der Waals surface area contributed by atoms with Crippen LogP contribution in [0.4, 0.5) is 0 Å². The average molecular weight is 272 g/mol. The van der Waals surface area contributed by atoms with Crippen molar-refractivity contribution in [2.24, 2.45) is 5.92 Å². The second-order valence-electron chi connectivity index (χ2n) is 5.22. The number of rotatable bonds is 5. The molecule has 0 fully saturated rings. The lowest BCUT2D eigenvalue weighted by Gasteiger charge is -2.14. The lowest BCUT2D eigenvalue weighted by molar-refractivity contribution is 0.0587. The first kappa shape index (κ1) is 14.3. The molecule has 0 radical (unpaired) electrons. The molecule has 20 heavy (non-hydrogen) atoms. The molecule has 0 aliphatic heterocycles. The summed E-state index contributed by atoms with van der Waals surface area (Å²) in [7, 11) is 1.38. The highest BCUT2D eigenvalue weighted by molar-refractivity contribution is 5.87. The highest BCUT2D eigenvalue weighted by Crippen LogP contribution is 2.13. The van der Waals surface area contributed by atoms with E-state index in [1.165, 1.54) is 18.2 Å². The van der Waals surface area contributed by atoms with E-state index >= 15 is 0 Å². The van der Waals surface area contributed by atoms with E-state index in [0.717, 1.165) is 13.0 Å². The van der Waals surface area contributed by atoms with Crippen LogP contribution in [-0.4, -0.2) is 22.6 Å². The Labute approximate surface area is 119 Å². The van der Waals surface area contributed by atoms with Crippen LogP contribution in [0.5, 0.6) is 0 Å². The topological polar surface area (TPSA) is 44.1 Å². The van der Waals surface area contributed by atoms with Gasteiger partial charge in [-0.3, -0.25) is 0 Å². The Balaban J connectivity index is 2.01. The van der Waals surface area contributed by atoms with Crippen molar-refractivity contribution in [1.29, 1.82) is 0 Å². The summed E-state index contributed by atoms with van der Waals surface area (Å²) in [4.78, 5) is 15.6. The van der Waals surface area contributed by atoms with Gasteiger partial charge in [-0.2, -0.15) is 0 Å². The fraction of sp³-hybridized carbons (Fsp3) is 0.375. The number of nitrogens with zero attached hydrogens (tertiary/aromatic N) is 2. The zero-order chi connectivity index (χ0) is 14.5. The normalized spacial score (nSPS) is 12.2. The van der Waals surface area contributed by atoms with Gasteiger partial charge in [0.1, 0.15) is 5.69 Å². The number of aryl methyl sites for hydroxylation is 1. The van der Waals surface area contributed by atoms with Crippen molar-refractivity contribution in [2.45, 2.75) is 26.8 Å². The van der Waals surface area contributed by atoms with Crippen LogP contribution in [0, 0.1) is 12.8 Å². The fourth-order valence-corrected chi connectivity index (χ4v) is 2.27. The van der Waals surface area contributed by atoms with Crippen molar-refractivity contribution in [3.63, 3.8) is 0 Å². The molecule has 0 unspecified atom stereocenters. The fourth-order valence-electron chi connectivity index (χ4n) is 2.27. The number of ether oxygens (including phenoxy) is 1. The van der Waals surface area contributed by atoms with Gasteiger partial charge >= 0.3 is 5.97 Å². The van der Waals surface area contributed by atoms with E-state index in [1.54, 1.807) is 12.5 Å². The summed E-state index contributed by atoms with van der Waals surface area (Å²) < 4.78 is 6.60. The third kappa shape index (κ3) is 3.47. The van der Waals surface area contributed by atoms with Crippen molar-refractivity contribution in [2.75, 3.05) is 7.11 Å². The molecule has 106 valence electrons. The van der Waals surface area contributed by atoms with Crippen molar-refractivity contribution in [3.05, 3.63) is 53.6 Å². The van der Waals surface area contributed by atoms with Crippen molar-refractivity contribution in [3.8, 4) is 0 Å². The highest BCUT2D eigenvalue weighted by atomic mass is 16.5. The first-order chi connectivity index (χ1) is 9.60. The Kier molecular flexibility index (Phi) is 4.56. The smallest absolute Gasteiger partial charge is 0.356 e. The molecule has 1 heterocycles. The molecular formula is C16H20N2O2. The molecule has 1 atom stereocenters. The molecule has 0 amide bonds. The van der Waals surface area contributed by atoms with E-state index in [9.17, 15) is 4.79 Å². The van der Waals surface area contributed by atoms with Crippen LogP contribution in [0.25, 0.3) is 0 Å². The standard InChI is InChI=1S/C16H20N2O2/c1-12-4-6-14(7-5-12)8-13(2)10-18-11-17-9-15(18)16(19)20-3/h4-7,9,11,13H,8,10H2,1-3H3/t13-/m0/s1.